The maximum absolute atomic E-state index is 2.71. The zero-order valence-electron chi connectivity index (χ0n) is 42.7. The third kappa shape index (κ3) is 6.79. The molecule has 0 spiro atoms. The van der Waals surface area contributed by atoms with Gasteiger partial charge in [-0.1, -0.05) is 202 Å². The molecule has 0 radical (unpaired) electrons. The second kappa shape index (κ2) is 15.6. The Balaban J connectivity index is 1.12. The van der Waals surface area contributed by atoms with Crippen molar-refractivity contribution >= 4 is 91.7 Å². The number of anilines is 8. The van der Waals surface area contributed by atoms with Crippen molar-refractivity contribution in [2.24, 2.45) is 5.41 Å². The third-order valence-corrected chi connectivity index (χ3v) is 16.2. The molecule has 1 aliphatic carbocycles. The van der Waals surface area contributed by atoms with Crippen molar-refractivity contribution in [3.05, 3.63) is 205 Å². The van der Waals surface area contributed by atoms with Crippen LogP contribution in [0.3, 0.4) is 0 Å². The zero-order valence-corrected chi connectivity index (χ0v) is 42.7. The fourth-order valence-electron chi connectivity index (χ4n) is 12.6. The monoisotopic (exact) mass is 918 g/mol. The molecule has 4 aliphatic heterocycles. The van der Waals surface area contributed by atoms with Crippen molar-refractivity contribution in [2.75, 3.05) is 14.7 Å². The summed E-state index contributed by atoms with van der Waals surface area (Å²) in [5.74, 6) is 0. The Bertz CT molecular complexity index is 3530. The molecule has 1 unspecified atom stereocenters. The first kappa shape index (κ1) is 43.8. The molecular weight excluding hydrogens is 856 g/mol. The van der Waals surface area contributed by atoms with E-state index in [4.69, 9.17) is 0 Å². The van der Waals surface area contributed by atoms with Gasteiger partial charge in [-0.25, -0.2) is 0 Å². The first-order chi connectivity index (χ1) is 34.1. The van der Waals surface area contributed by atoms with Crippen LogP contribution in [0.2, 0.25) is 0 Å². The molecule has 0 amide bonds. The fourth-order valence-corrected chi connectivity index (χ4v) is 12.6. The highest BCUT2D eigenvalue weighted by Gasteiger charge is 2.51. The molecule has 8 aromatic carbocycles. The minimum atomic E-state index is -0.101. The third-order valence-electron chi connectivity index (χ3n) is 16.2. The molecule has 5 aliphatic rings. The van der Waals surface area contributed by atoms with Crippen molar-refractivity contribution in [1.29, 1.82) is 0 Å². The largest absolute Gasteiger partial charge is 0.335 e. The van der Waals surface area contributed by atoms with Gasteiger partial charge in [-0.2, -0.15) is 0 Å². The summed E-state index contributed by atoms with van der Waals surface area (Å²) >= 11 is 0. The summed E-state index contributed by atoms with van der Waals surface area (Å²) in [6.45, 7) is 21.1. The second-order valence-corrected chi connectivity index (χ2v) is 23.7. The van der Waals surface area contributed by atoms with Crippen LogP contribution in [0, 0.1) is 5.41 Å². The van der Waals surface area contributed by atoms with Gasteiger partial charge in [0.2, 0.25) is 0 Å². The number of hydrogen-bond acceptors (Lipinski definition) is 3. The van der Waals surface area contributed by atoms with Gasteiger partial charge in [0.1, 0.15) is 0 Å². The van der Waals surface area contributed by atoms with E-state index in [0.717, 1.165) is 6.42 Å². The van der Waals surface area contributed by atoms with E-state index in [9.17, 15) is 0 Å². The normalized spacial score (nSPS) is 16.2. The van der Waals surface area contributed by atoms with Crippen LogP contribution in [0.15, 0.2) is 194 Å². The van der Waals surface area contributed by atoms with Gasteiger partial charge >= 0.3 is 0 Å². The van der Waals surface area contributed by atoms with Crippen LogP contribution in [-0.2, 0) is 10.8 Å². The minimum Gasteiger partial charge on any atom is -0.335 e. The number of rotatable bonds is 4. The Morgan fingerprint density at radius 1 is 0.408 bits per heavy atom. The Kier molecular flexibility index (Phi) is 9.64. The highest BCUT2D eigenvalue weighted by atomic mass is 15.2. The average Bonchev–Trinajstić information content (AvgIpc) is 3.38. The van der Waals surface area contributed by atoms with E-state index in [2.05, 4.69) is 265 Å². The molecule has 0 aromatic heterocycles. The Morgan fingerprint density at radius 2 is 0.958 bits per heavy atom. The molecule has 346 valence electrons. The maximum Gasteiger partial charge on any atom is 0.252 e. The van der Waals surface area contributed by atoms with Gasteiger partial charge < -0.3 is 14.7 Å². The maximum atomic E-state index is 2.71. The Labute approximate surface area is 422 Å². The summed E-state index contributed by atoms with van der Waals surface area (Å²) in [4.78, 5) is 7.97. The predicted molar refractivity (Wildman–Crippen MR) is 307 cm³/mol. The van der Waals surface area contributed by atoms with E-state index in [-0.39, 0.29) is 35.7 Å². The van der Waals surface area contributed by atoms with Gasteiger partial charge in [0.15, 0.2) is 0 Å². The molecule has 3 nitrogen and oxygen atoms in total. The van der Waals surface area contributed by atoms with Crippen LogP contribution in [0.1, 0.15) is 79.9 Å². The van der Waals surface area contributed by atoms with Crippen molar-refractivity contribution in [2.45, 2.75) is 85.6 Å². The molecule has 5 heteroatoms. The summed E-state index contributed by atoms with van der Waals surface area (Å²) in [5, 5.41) is 0. The number of nitrogens with zero attached hydrogens (tertiary/aromatic N) is 3. The van der Waals surface area contributed by atoms with Crippen LogP contribution in [0.4, 0.5) is 45.5 Å². The number of para-hydroxylation sites is 1. The molecule has 0 fully saturated rings. The SMILES string of the molecule is CC(C)(C)C1=CCC(N2c3ccccc3B3c4cc(C(C)(C)C)cc5c4N(c4cccc6c4B5c4ccc(-c5ccccc5)cc4N6c4ccc(C(C)(C)C)cc4)c4cc(-c5ccccc5)cc2c43)C=C1. The summed E-state index contributed by atoms with van der Waals surface area (Å²) in [7, 11) is 0. The minimum absolute atomic E-state index is 0.00302. The summed E-state index contributed by atoms with van der Waals surface area (Å²) < 4.78 is 0. The molecule has 13 rings (SSSR count). The molecule has 1 atom stereocenters. The summed E-state index contributed by atoms with van der Waals surface area (Å²) in [6, 6.07) is 65.5. The summed E-state index contributed by atoms with van der Waals surface area (Å²) in [5.41, 5.74) is 27.4. The van der Waals surface area contributed by atoms with E-state index >= 15 is 0 Å². The van der Waals surface area contributed by atoms with Crippen molar-refractivity contribution in [3.63, 3.8) is 0 Å². The van der Waals surface area contributed by atoms with E-state index in [1.807, 2.05) is 0 Å². The predicted octanol–water partition coefficient (Wildman–Crippen LogP) is 13.3. The van der Waals surface area contributed by atoms with Gasteiger partial charge in [0.25, 0.3) is 13.4 Å². The van der Waals surface area contributed by atoms with E-state index in [0.29, 0.717) is 0 Å². The van der Waals surface area contributed by atoms with Crippen LogP contribution >= 0.6 is 0 Å². The Hall–Kier alpha value is -7.23. The van der Waals surface area contributed by atoms with Crippen LogP contribution in [0.5, 0.6) is 0 Å². The lowest BCUT2D eigenvalue weighted by Crippen LogP contribution is -2.68. The lowest BCUT2D eigenvalue weighted by Gasteiger charge is -2.51. The first-order valence-corrected chi connectivity index (χ1v) is 25.9. The topological polar surface area (TPSA) is 9.72 Å². The molecule has 71 heavy (non-hydrogen) atoms. The number of allylic oxidation sites excluding steroid dienone is 2. The smallest absolute Gasteiger partial charge is 0.252 e. The van der Waals surface area contributed by atoms with E-state index < -0.39 is 0 Å². The summed E-state index contributed by atoms with van der Waals surface area (Å²) in [6.07, 6.45) is 8.32. The lowest BCUT2D eigenvalue weighted by atomic mass is 9.29. The molecule has 0 saturated carbocycles. The molecule has 0 saturated heterocycles. The molecule has 0 N–H and O–H groups in total. The first-order valence-electron chi connectivity index (χ1n) is 25.9. The van der Waals surface area contributed by atoms with Crippen LogP contribution in [-0.4, -0.2) is 19.5 Å². The molecular formula is C66H61B2N3. The van der Waals surface area contributed by atoms with Gasteiger partial charge in [0, 0.05) is 45.5 Å². The highest BCUT2D eigenvalue weighted by molar-refractivity contribution is 7.04. The number of benzene rings is 8. The zero-order chi connectivity index (χ0) is 48.7. The van der Waals surface area contributed by atoms with Gasteiger partial charge in [0.05, 0.1) is 6.04 Å². The van der Waals surface area contributed by atoms with Gasteiger partial charge in [-0.3, -0.25) is 0 Å². The average molecular weight is 918 g/mol. The van der Waals surface area contributed by atoms with Crippen molar-refractivity contribution < 1.29 is 0 Å². The van der Waals surface area contributed by atoms with Gasteiger partial charge in [-0.15, -0.1) is 0 Å². The molecule has 0 bridgehead atoms. The highest BCUT2D eigenvalue weighted by Crippen LogP contribution is 2.49. The van der Waals surface area contributed by atoms with Gasteiger partial charge in [-0.05, 0) is 143 Å². The molecule has 8 aromatic rings. The number of hydrogen-bond donors (Lipinski definition) is 0. The van der Waals surface area contributed by atoms with Crippen LogP contribution < -0.4 is 47.5 Å². The standard InChI is InChI=1S/C66H61B2N3/c1-64(2,3)46-28-32-49(33-29-46)69-55-24-17-16-23-51(55)67-53-40-48(66(7,8)9)41-54-63(53)71(60-39-45(38-59(69)62(60)67)43-21-14-11-15-22-43)57-26-18-25-56-61(57)68(54)52-36-27-44(42-19-12-10-13-20-42)37-58(52)70(56)50-34-30-47(31-35-50)65(4,5)6/h10-32,34-41,49H,33H2,1-9H3. The second-order valence-electron chi connectivity index (χ2n) is 23.7. The molecule has 4 heterocycles. The van der Waals surface area contributed by atoms with E-state index in [1.54, 1.807) is 0 Å². The van der Waals surface area contributed by atoms with Crippen molar-refractivity contribution in [1.82, 2.24) is 0 Å². The van der Waals surface area contributed by atoms with Crippen molar-refractivity contribution in [3.8, 4) is 22.3 Å². The van der Waals surface area contributed by atoms with Crippen LogP contribution in [0.25, 0.3) is 22.3 Å². The fraction of sp³-hybridized carbons (Fsp3) is 0.212. The number of fused-ring (bicyclic) bond motifs is 8. The van der Waals surface area contributed by atoms with E-state index in [1.165, 1.54) is 117 Å². The quantitative estimate of drug-likeness (QED) is 0.163. The Morgan fingerprint density at radius 3 is 1.58 bits per heavy atom. The lowest BCUT2D eigenvalue weighted by molar-refractivity contribution is 0.510.